The van der Waals surface area contributed by atoms with Crippen molar-refractivity contribution in [1.29, 1.82) is 0 Å². The fraction of sp³-hybridized carbons (Fsp3) is 0.0667. The van der Waals surface area contributed by atoms with Crippen LogP contribution in [0.3, 0.4) is 0 Å². The Balaban J connectivity index is 1.60. The number of fused-ring (bicyclic) bond motifs is 1. The number of nitrogens with one attached hydrogen (secondary N) is 1. The molecule has 0 aliphatic rings. The van der Waals surface area contributed by atoms with Gasteiger partial charge in [0, 0.05) is 10.9 Å². The molecule has 0 unspecified atom stereocenters. The van der Waals surface area contributed by atoms with Gasteiger partial charge in [0.1, 0.15) is 6.26 Å². The molecule has 0 saturated carbocycles. The molecule has 4 heterocycles. The molecular formula is C15H11N5O2S. The molecule has 0 spiro atoms. The van der Waals surface area contributed by atoms with Crippen LogP contribution in [0, 0.1) is 0 Å². The van der Waals surface area contributed by atoms with Gasteiger partial charge in [-0.05, 0) is 29.6 Å². The van der Waals surface area contributed by atoms with Crippen LogP contribution < -0.4 is 5.32 Å². The number of thiophene rings is 1. The summed E-state index contributed by atoms with van der Waals surface area (Å²) in [5, 5.41) is 19.5. The Morgan fingerprint density at radius 2 is 2.22 bits per heavy atom. The van der Waals surface area contributed by atoms with E-state index in [1.54, 1.807) is 21.9 Å². The van der Waals surface area contributed by atoms with Crippen molar-refractivity contribution in [2.45, 2.75) is 6.54 Å². The first-order valence-electron chi connectivity index (χ1n) is 6.85. The van der Waals surface area contributed by atoms with E-state index in [9.17, 15) is 4.79 Å². The lowest BCUT2D eigenvalue weighted by molar-refractivity contribution is 0.0949. The van der Waals surface area contributed by atoms with Crippen LogP contribution in [0.1, 0.15) is 16.2 Å². The van der Waals surface area contributed by atoms with E-state index < -0.39 is 0 Å². The molecule has 8 heteroatoms. The average molecular weight is 325 g/mol. The lowest BCUT2D eigenvalue weighted by Gasteiger charge is -2.03. The van der Waals surface area contributed by atoms with Crippen LogP contribution in [0.4, 0.5) is 0 Å². The summed E-state index contributed by atoms with van der Waals surface area (Å²) in [6.45, 7) is 0.227. The minimum absolute atomic E-state index is 0.227. The fourth-order valence-corrected chi connectivity index (χ4v) is 2.81. The smallest absolute Gasteiger partial charge is 0.254 e. The van der Waals surface area contributed by atoms with E-state index in [1.807, 2.05) is 29.0 Å². The van der Waals surface area contributed by atoms with Gasteiger partial charge in [0.2, 0.25) is 0 Å². The van der Waals surface area contributed by atoms with Crippen molar-refractivity contribution in [2.24, 2.45) is 0 Å². The predicted octanol–water partition coefficient (Wildman–Crippen LogP) is 2.38. The van der Waals surface area contributed by atoms with Crippen molar-refractivity contribution in [3.8, 4) is 11.3 Å². The first kappa shape index (κ1) is 13.6. The topological polar surface area (TPSA) is 85.3 Å². The number of amides is 1. The SMILES string of the molecule is O=C(NCc1nnc2ccc(-c3ccsc3)nn12)c1ccoc1. The van der Waals surface area contributed by atoms with Gasteiger partial charge in [-0.2, -0.15) is 21.0 Å². The first-order chi connectivity index (χ1) is 11.3. The molecule has 0 fully saturated rings. The molecule has 114 valence electrons. The van der Waals surface area contributed by atoms with Gasteiger partial charge in [-0.3, -0.25) is 4.79 Å². The second-order valence-electron chi connectivity index (χ2n) is 4.81. The number of rotatable bonds is 4. The molecule has 0 saturated heterocycles. The Morgan fingerprint density at radius 1 is 1.26 bits per heavy atom. The minimum atomic E-state index is -0.232. The molecule has 0 atom stereocenters. The normalized spacial score (nSPS) is 11.0. The first-order valence-corrected chi connectivity index (χ1v) is 7.80. The molecule has 0 bridgehead atoms. The molecule has 4 rings (SSSR count). The Morgan fingerprint density at radius 3 is 3.00 bits per heavy atom. The number of furan rings is 1. The van der Waals surface area contributed by atoms with Gasteiger partial charge >= 0.3 is 0 Å². The Bertz CT molecular complexity index is 944. The molecule has 0 radical (unpaired) electrons. The summed E-state index contributed by atoms with van der Waals surface area (Å²) in [5.41, 5.74) is 2.97. The van der Waals surface area contributed by atoms with Crippen molar-refractivity contribution in [2.75, 3.05) is 0 Å². The highest BCUT2D eigenvalue weighted by atomic mass is 32.1. The average Bonchev–Trinajstić information content (AvgIpc) is 3.33. The number of hydrogen-bond donors (Lipinski definition) is 1. The van der Waals surface area contributed by atoms with Crippen LogP contribution in [0.25, 0.3) is 16.9 Å². The lowest BCUT2D eigenvalue weighted by Crippen LogP contribution is -2.23. The monoisotopic (exact) mass is 325 g/mol. The van der Waals surface area contributed by atoms with Gasteiger partial charge in [-0.15, -0.1) is 10.2 Å². The molecule has 4 aromatic rings. The van der Waals surface area contributed by atoms with Crippen LogP contribution >= 0.6 is 11.3 Å². The maximum atomic E-state index is 11.9. The van der Waals surface area contributed by atoms with Crippen LogP contribution in [-0.4, -0.2) is 25.7 Å². The lowest BCUT2D eigenvalue weighted by atomic mass is 10.2. The minimum Gasteiger partial charge on any atom is -0.472 e. The molecule has 0 aromatic carbocycles. The van der Waals surface area contributed by atoms with Crippen LogP contribution in [0.2, 0.25) is 0 Å². The molecule has 0 aliphatic heterocycles. The number of aromatic nitrogens is 4. The van der Waals surface area contributed by atoms with E-state index in [2.05, 4.69) is 20.6 Å². The summed E-state index contributed by atoms with van der Waals surface area (Å²) in [7, 11) is 0. The van der Waals surface area contributed by atoms with Gasteiger partial charge in [0.15, 0.2) is 11.5 Å². The third-order valence-electron chi connectivity index (χ3n) is 3.33. The molecule has 1 amide bonds. The highest BCUT2D eigenvalue weighted by Gasteiger charge is 2.11. The van der Waals surface area contributed by atoms with Crippen LogP contribution in [-0.2, 0) is 6.54 Å². The number of hydrogen-bond acceptors (Lipinski definition) is 6. The quantitative estimate of drug-likeness (QED) is 0.622. The zero-order valence-corrected chi connectivity index (χ0v) is 12.7. The second-order valence-corrected chi connectivity index (χ2v) is 5.59. The maximum absolute atomic E-state index is 11.9. The van der Waals surface area contributed by atoms with E-state index >= 15 is 0 Å². The fourth-order valence-electron chi connectivity index (χ4n) is 2.16. The van der Waals surface area contributed by atoms with E-state index in [4.69, 9.17) is 4.42 Å². The molecule has 23 heavy (non-hydrogen) atoms. The maximum Gasteiger partial charge on any atom is 0.254 e. The van der Waals surface area contributed by atoms with Crippen LogP contribution in [0.5, 0.6) is 0 Å². The van der Waals surface area contributed by atoms with Gasteiger partial charge in [-0.1, -0.05) is 0 Å². The zero-order valence-electron chi connectivity index (χ0n) is 11.8. The third-order valence-corrected chi connectivity index (χ3v) is 4.02. The zero-order chi connectivity index (χ0) is 15.6. The molecule has 7 nitrogen and oxygen atoms in total. The molecular weight excluding hydrogens is 314 g/mol. The van der Waals surface area contributed by atoms with E-state index in [1.165, 1.54) is 12.5 Å². The predicted molar refractivity (Wildman–Crippen MR) is 84.0 cm³/mol. The highest BCUT2D eigenvalue weighted by molar-refractivity contribution is 7.08. The second kappa shape index (κ2) is 5.65. The summed E-state index contributed by atoms with van der Waals surface area (Å²) in [6.07, 6.45) is 2.85. The summed E-state index contributed by atoms with van der Waals surface area (Å²) in [6, 6.07) is 7.36. The number of nitrogens with zero attached hydrogens (tertiary/aromatic N) is 4. The number of carbonyl (C=O) groups is 1. The van der Waals surface area contributed by atoms with Gasteiger partial charge in [0.25, 0.3) is 5.91 Å². The summed E-state index contributed by atoms with van der Waals surface area (Å²) >= 11 is 1.61. The Labute approximate surface area is 134 Å². The van der Waals surface area contributed by atoms with E-state index in [0.29, 0.717) is 17.0 Å². The van der Waals surface area contributed by atoms with Crippen LogP contribution in [0.15, 0.2) is 52.0 Å². The van der Waals surface area contributed by atoms with Crippen molar-refractivity contribution >= 4 is 22.9 Å². The molecule has 1 N–H and O–H groups in total. The van der Waals surface area contributed by atoms with Gasteiger partial charge in [-0.25, -0.2) is 0 Å². The Kier molecular flexibility index (Phi) is 3.35. The Hall–Kier alpha value is -3.00. The van der Waals surface area contributed by atoms with Gasteiger partial charge in [0.05, 0.1) is 24.1 Å². The largest absolute Gasteiger partial charge is 0.472 e. The van der Waals surface area contributed by atoms with Crippen molar-refractivity contribution < 1.29 is 9.21 Å². The van der Waals surface area contributed by atoms with Crippen molar-refractivity contribution in [1.82, 2.24) is 25.1 Å². The summed E-state index contributed by atoms with van der Waals surface area (Å²) in [5.74, 6) is 0.332. The van der Waals surface area contributed by atoms with E-state index in [-0.39, 0.29) is 12.5 Å². The molecule has 0 aliphatic carbocycles. The number of carbonyl (C=O) groups excluding carboxylic acids is 1. The summed E-state index contributed by atoms with van der Waals surface area (Å²) < 4.78 is 6.54. The standard InChI is InChI=1S/C15H11N5O2S/c21-15(10-3-5-22-8-10)16-7-14-18-17-13-2-1-12(19-20(13)14)11-4-6-23-9-11/h1-6,8-9H,7H2,(H,16,21). The third kappa shape index (κ3) is 2.59. The van der Waals surface area contributed by atoms with Crippen molar-refractivity contribution in [3.05, 3.63) is 58.9 Å². The van der Waals surface area contributed by atoms with Crippen molar-refractivity contribution in [3.63, 3.8) is 0 Å². The summed E-state index contributed by atoms with van der Waals surface area (Å²) in [4.78, 5) is 11.9. The highest BCUT2D eigenvalue weighted by Crippen LogP contribution is 2.20. The van der Waals surface area contributed by atoms with E-state index in [0.717, 1.165) is 11.3 Å². The van der Waals surface area contributed by atoms with Gasteiger partial charge < -0.3 is 9.73 Å². The molecule has 4 aromatic heterocycles.